The Kier molecular flexibility index (Phi) is 5.27. The zero-order valence-electron chi connectivity index (χ0n) is 14.5. The van der Waals surface area contributed by atoms with Crippen LogP contribution in [0.4, 0.5) is 5.69 Å². The average molecular weight is 348 g/mol. The van der Waals surface area contributed by atoms with Gasteiger partial charge in [-0.15, -0.1) is 0 Å². The number of Topliss-reactive ketones (excluding diaryl/α,β-unsaturated/α-hetero) is 1. The molecule has 0 radical (unpaired) electrons. The Morgan fingerprint density at radius 2 is 1.54 bits per heavy atom. The van der Waals surface area contributed by atoms with Gasteiger partial charge in [-0.1, -0.05) is 12.1 Å². The third-order valence-electron chi connectivity index (χ3n) is 4.07. The minimum atomic E-state index is -0.267. The molecule has 26 heavy (non-hydrogen) atoms. The van der Waals surface area contributed by atoms with E-state index in [-0.39, 0.29) is 17.6 Å². The van der Waals surface area contributed by atoms with Gasteiger partial charge in [-0.2, -0.15) is 0 Å². The minimum absolute atomic E-state index is 0.0166. The van der Waals surface area contributed by atoms with Crippen LogP contribution in [0.25, 0.3) is 6.08 Å². The Morgan fingerprint density at radius 1 is 0.923 bits per heavy atom. The Morgan fingerprint density at radius 3 is 2.12 bits per heavy atom. The Balaban J connectivity index is 1.55. The third kappa shape index (κ3) is 4.89. The smallest absolute Gasteiger partial charge is 0.251 e. The van der Waals surface area contributed by atoms with E-state index in [0.717, 1.165) is 18.4 Å². The first kappa shape index (κ1) is 17.6. The summed E-state index contributed by atoms with van der Waals surface area (Å²) in [5, 5.41) is 5.67. The quantitative estimate of drug-likeness (QED) is 0.620. The summed E-state index contributed by atoms with van der Waals surface area (Å²) in [6.07, 6.45) is 5.22. The summed E-state index contributed by atoms with van der Waals surface area (Å²) in [6.45, 7) is 1.50. The molecule has 0 aromatic heterocycles. The summed E-state index contributed by atoms with van der Waals surface area (Å²) in [6, 6.07) is 14.1. The molecule has 2 amide bonds. The molecule has 1 aliphatic rings. The molecule has 0 heterocycles. The van der Waals surface area contributed by atoms with Crippen molar-refractivity contribution in [2.75, 3.05) is 5.32 Å². The second kappa shape index (κ2) is 7.78. The highest BCUT2D eigenvalue weighted by Gasteiger charge is 2.23. The molecular formula is C21H20N2O3. The fourth-order valence-corrected chi connectivity index (χ4v) is 2.39. The van der Waals surface area contributed by atoms with Crippen LogP contribution >= 0.6 is 0 Å². The van der Waals surface area contributed by atoms with E-state index in [0.29, 0.717) is 22.9 Å². The van der Waals surface area contributed by atoms with Crippen molar-refractivity contribution in [1.29, 1.82) is 0 Å². The van der Waals surface area contributed by atoms with Crippen molar-refractivity contribution in [2.24, 2.45) is 0 Å². The molecule has 5 heteroatoms. The van der Waals surface area contributed by atoms with E-state index in [1.807, 2.05) is 0 Å². The van der Waals surface area contributed by atoms with Crippen LogP contribution in [0.2, 0.25) is 0 Å². The highest BCUT2D eigenvalue weighted by Crippen LogP contribution is 2.19. The van der Waals surface area contributed by atoms with E-state index >= 15 is 0 Å². The lowest BCUT2D eigenvalue weighted by atomic mass is 10.1. The Bertz CT molecular complexity index is 848. The molecule has 5 nitrogen and oxygen atoms in total. The van der Waals surface area contributed by atoms with E-state index < -0.39 is 0 Å². The van der Waals surface area contributed by atoms with Crippen LogP contribution in [-0.2, 0) is 4.79 Å². The van der Waals surface area contributed by atoms with Gasteiger partial charge in [-0.25, -0.2) is 0 Å². The van der Waals surface area contributed by atoms with Crippen LogP contribution in [0.15, 0.2) is 54.6 Å². The van der Waals surface area contributed by atoms with E-state index in [1.165, 1.54) is 13.0 Å². The first-order chi connectivity index (χ1) is 12.5. The number of rotatable bonds is 6. The third-order valence-corrected chi connectivity index (χ3v) is 4.07. The molecule has 2 N–H and O–H groups in total. The minimum Gasteiger partial charge on any atom is -0.349 e. The molecule has 2 aromatic carbocycles. The van der Waals surface area contributed by atoms with E-state index in [9.17, 15) is 14.4 Å². The van der Waals surface area contributed by atoms with Crippen LogP contribution in [0.5, 0.6) is 0 Å². The van der Waals surface area contributed by atoms with Crippen molar-refractivity contribution in [1.82, 2.24) is 5.32 Å². The number of anilines is 1. The van der Waals surface area contributed by atoms with Crippen molar-refractivity contribution in [3.8, 4) is 0 Å². The standard InChI is InChI=1S/C21H20N2O3/c1-14(24)16-7-9-18(10-8-16)22-20(25)13-4-15-2-5-17(6-3-15)21(26)23-19-11-12-19/h2-10,13,19H,11-12H2,1H3,(H,22,25)(H,23,26)/b13-4+. The molecule has 1 aliphatic carbocycles. The van der Waals surface area contributed by atoms with Crippen molar-refractivity contribution in [3.63, 3.8) is 0 Å². The molecule has 3 rings (SSSR count). The SMILES string of the molecule is CC(=O)c1ccc(NC(=O)/C=C/c2ccc(C(=O)NC3CC3)cc2)cc1. The molecule has 0 aliphatic heterocycles. The fraction of sp³-hybridized carbons (Fsp3) is 0.190. The normalized spacial score (nSPS) is 13.4. The van der Waals surface area contributed by atoms with Crippen LogP contribution in [0.1, 0.15) is 46.0 Å². The van der Waals surface area contributed by atoms with Crippen LogP contribution in [0.3, 0.4) is 0 Å². The molecule has 1 fully saturated rings. The molecule has 132 valence electrons. The molecule has 0 unspecified atom stereocenters. The van der Waals surface area contributed by atoms with Crippen molar-refractivity contribution >= 4 is 29.4 Å². The lowest BCUT2D eigenvalue weighted by molar-refractivity contribution is -0.111. The first-order valence-corrected chi connectivity index (χ1v) is 8.52. The number of hydrogen-bond donors (Lipinski definition) is 2. The van der Waals surface area contributed by atoms with Gasteiger partial charge in [0, 0.05) is 28.9 Å². The Hall–Kier alpha value is -3.21. The number of nitrogens with one attached hydrogen (secondary N) is 2. The highest BCUT2D eigenvalue weighted by atomic mass is 16.2. The number of hydrogen-bond acceptors (Lipinski definition) is 3. The van der Waals surface area contributed by atoms with Gasteiger partial charge < -0.3 is 10.6 Å². The number of carbonyl (C=O) groups excluding carboxylic acids is 3. The zero-order valence-corrected chi connectivity index (χ0v) is 14.5. The Labute approximate surface area is 152 Å². The summed E-state index contributed by atoms with van der Waals surface area (Å²) in [5.41, 5.74) is 2.67. The van der Waals surface area contributed by atoms with Gasteiger partial charge in [0.05, 0.1) is 0 Å². The highest BCUT2D eigenvalue weighted by molar-refractivity contribution is 6.02. The second-order valence-corrected chi connectivity index (χ2v) is 6.33. The number of benzene rings is 2. The fourth-order valence-electron chi connectivity index (χ4n) is 2.39. The average Bonchev–Trinajstić information content (AvgIpc) is 3.45. The van der Waals surface area contributed by atoms with E-state index in [2.05, 4.69) is 10.6 Å². The lowest BCUT2D eigenvalue weighted by Gasteiger charge is -2.04. The monoisotopic (exact) mass is 348 g/mol. The second-order valence-electron chi connectivity index (χ2n) is 6.33. The maximum absolute atomic E-state index is 12.0. The molecule has 0 atom stereocenters. The van der Waals surface area contributed by atoms with Gasteiger partial charge in [0.2, 0.25) is 5.91 Å². The first-order valence-electron chi connectivity index (χ1n) is 8.52. The molecule has 1 saturated carbocycles. The van der Waals surface area contributed by atoms with Crippen LogP contribution in [-0.4, -0.2) is 23.6 Å². The lowest BCUT2D eigenvalue weighted by Crippen LogP contribution is -2.25. The molecular weight excluding hydrogens is 328 g/mol. The summed E-state index contributed by atoms with van der Waals surface area (Å²) >= 11 is 0. The van der Waals surface area contributed by atoms with Gasteiger partial charge in [0.1, 0.15) is 0 Å². The predicted molar refractivity (Wildman–Crippen MR) is 101 cm³/mol. The predicted octanol–water partition coefficient (Wildman–Crippen LogP) is 3.43. The number of ketones is 1. The summed E-state index contributed by atoms with van der Waals surface area (Å²) in [4.78, 5) is 35.1. The summed E-state index contributed by atoms with van der Waals surface area (Å²) in [5.74, 6) is -0.344. The largest absolute Gasteiger partial charge is 0.349 e. The van der Waals surface area contributed by atoms with E-state index in [1.54, 1.807) is 54.6 Å². The summed E-state index contributed by atoms with van der Waals surface area (Å²) in [7, 11) is 0. The van der Waals surface area contributed by atoms with Crippen molar-refractivity contribution in [3.05, 3.63) is 71.3 Å². The van der Waals surface area contributed by atoms with Crippen LogP contribution in [0, 0.1) is 0 Å². The number of carbonyl (C=O) groups is 3. The zero-order chi connectivity index (χ0) is 18.5. The van der Waals surface area contributed by atoms with Crippen molar-refractivity contribution < 1.29 is 14.4 Å². The van der Waals surface area contributed by atoms with Gasteiger partial charge >= 0.3 is 0 Å². The van der Waals surface area contributed by atoms with Crippen molar-refractivity contribution in [2.45, 2.75) is 25.8 Å². The number of amides is 2. The molecule has 0 bridgehead atoms. The van der Waals surface area contributed by atoms with Gasteiger partial charge in [-0.3, -0.25) is 14.4 Å². The van der Waals surface area contributed by atoms with Gasteiger partial charge in [-0.05, 0) is 67.8 Å². The van der Waals surface area contributed by atoms with E-state index in [4.69, 9.17) is 0 Å². The molecule has 2 aromatic rings. The maximum Gasteiger partial charge on any atom is 0.251 e. The summed E-state index contributed by atoms with van der Waals surface area (Å²) < 4.78 is 0. The topological polar surface area (TPSA) is 75.3 Å². The molecule has 0 spiro atoms. The maximum atomic E-state index is 12.0. The van der Waals surface area contributed by atoms with Gasteiger partial charge in [0.25, 0.3) is 5.91 Å². The van der Waals surface area contributed by atoms with Crippen LogP contribution < -0.4 is 10.6 Å². The van der Waals surface area contributed by atoms with Gasteiger partial charge in [0.15, 0.2) is 5.78 Å². The molecule has 0 saturated heterocycles.